The van der Waals surface area contributed by atoms with Gasteiger partial charge in [0.2, 0.25) is 5.88 Å². The summed E-state index contributed by atoms with van der Waals surface area (Å²) in [5, 5.41) is 14.2. The first-order valence-electron chi connectivity index (χ1n) is 9.16. The highest BCUT2D eigenvalue weighted by atomic mass is 35.5. The molecule has 0 unspecified atom stereocenters. The van der Waals surface area contributed by atoms with Crippen LogP contribution in [-0.2, 0) is 0 Å². The monoisotopic (exact) mass is 436 g/mol. The minimum atomic E-state index is -0.385. The zero-order valence-corrected chi connectivity index (χ0v) is 17.4. The van der Waals surface area contributed by atoms with Gasteiger partial charge in [-0.15, -0.1) is 5.10 Å². The molecule has 31 heavy (non-hydrogen) atoms. The van der Waals surface area contributed by atoms with E-state index in [1.165, 1.54) is 17.2 Å². The Morgan fingerprint density at radius 1 is 1.10 bits per heavy atom. The quantitative estimate of drug-likeness (QED) is 0.485. The number of carbonyl (C=O) groups excluding carboxylic acids is 1. The molecule has 0 aliphatic heterocycles. The Kier molecular flexibility index (Phi) is 5.76. The van der Waals surface area contributed by atoms with E-state index in [0.29, 0.717) is 39.3 Å². The predicted molar refractivity (Wildman–Crippen MR) is 114 cm³/mol. The molecule has 0 fully saturated rings. The van der Waals surface area contributed by atoms with E-state index in [0.717, 1.165) is 5.56 Å². The second-order valence-corrected chi connectivity index (χ2v) is 6.95. The van der Waals surface area contributed by atoms with Crippen LogP contribution in [0.5, 0.6) is 17.4 Å². The number of carbonyl (C=O) groups is 1. The standard InChI is InChI=1S/C21H17ClN6O3/c1-13-3-7-18(19(9-13)30-2)31-20-8-5-15(11-23-20)25-21(29)16-10-14(22)4-6-17(16)28-12-24-26-27-28/h3-12H,1-2H3,(H,25,29). The van der Waals surface area contributed by atoms with E-state index in [9.17, 15) is 4.79 Å². The van der Waals surface area contributed by atoms with Crippen molar-refractivity contribution in [3.63, 3.8) is 0 Å². The van der Waals surface area contributed by atoms with Crippen LogP contribution in [0.3, 0.4) is 0 Å². The van der Waals surface area contributed by atoms with Crippen LogP contribution in [0.1, 0.15) is 15.9 Å². The van der Waals surface area contributed by atoms with E-state index < -0.39 is 0 Å². The Balaban J connectivity index is 1.51. The van der Waals surface area contributed by atoms with Crippen LogP contribution in [0.15, 0.2) is 61.1 Å². The average molecular weight is 437 g/mol. The minimum absolute atomic E-state index is 0.310. The van der Waals surface area contributed by atoms with E-state index in [4.69, 9.17) is 21.1 Å². The van der Waals surface area contributed by atoms with Gasteiger partial charge in [0.25, 0.3) is 5.91 Å². The fourth-order valence-electron chi connectivity index (χ4n) is 2.85. The normalized spacial score (nSPS) is 10.5. The Labute approximate surface area is 182 Å². The molecule has 2 aromatic carbocycles. The van der Waals surface area contributed by atoms with Gasteiger partial charge in [-0.2, -0.15) is 4.68 Å². The van der Waals surface area contributed by atoms with Gasteiger partial charge in [-0.3, -0.25) is 4.79 Å². The Morgan fingerprint density at radius 3 is 2.68 bits per heavy atom. The lowest BCUT2D eigenvalue weighted by Gasteiger charge is -2.12. The molecular formula is C21H17ClN6O3. The van der Waals surface area contributed by atoms with Crippen LogP contribution < -0.4 is 14.8 Å². The molecule has 0 aliphatic rings. The third kappa shape index (κ3) is 4.62. The number of aromatic nitrogens is 5. The van der Waals surface area contributed by atoms with Crippen molar-refractivity contribution in [1.29, 1.82) is 0 Å². The number of hydrogen-bond acceptors (Lipinski definition) is 7. The number of benzene rings is 2. The molecule has 156 valence electrons. The van der Waals surface area contributed by atoms with Crippen molar-refractivity contribution < 1.29 is 14.3 Å². The van der Waals surface area contributed by atoms with Gasteiger partial charge in [-0.1, -0.05) is 17.7 Å². The number of ether oxygens (including phenoxy) is 2. The summed E-state index contributed by atoms with van der Waals surface area (Å²) in [6.07, 6.45) is 2.89. The molecule has 4 rings (SSSR count). The number of tetrazole rings is 1. The van der Waals surface area contributed by atoms with E-state index in [1.807, 2.05) is 25.1 Å². The van der Waals surface area contributed by atoms with E-state index >= 15 is 0 Å². The highest BCUT2D eigenvalue weighted by Crippen LogP contribution is 2.31. The summed E-state index contributed by atoms with van der Waals surface area (Å²) < 4.78 is 12.5. The molecule has 10 heteroatoms. The maximum Gasteiger partial charge on any atom is 0.257 e. The van der Waals surface area contributed by atoms with Crippen molar-refractivity contribution in [2.24, 2.45) is 0 Å². The second-order valence-electron chi connectivity index (χ2n) is 6.51. The molecule has 2 heterocycles. The summed E-state index contributed by atoms with van der Waals surface area (Å²) in [5.74, 6) is 1.12. The molecule has 2 aromatic heterocycles. The number of nitrogens with zero attached hydrogens (tertiary/aromatic N) is 5. The molecular weight excluding hydrogens is 420 g/mol. The Morgan fingerprint density at radius 2 is 1.97 bits per heavy atom. The molecule has 0 atom stereocenters. The summed E-state index contributed by atoms with van der Waals surface area (Å²) in [7, 11) is 1.58. The first-order valence-corrected chi connectivity index (χ1v) is 9.54. The average Bonchev–Trinajstić information content (AvgIpc) is 3.31. The number of anilines is 1. The largest absolute Gasteiger partial charge is 0.493 e. The van der Waals surface area contributed by atoms with E-state index in [2.05, 4.69) is 25.8 Å². The highest BCUT2D eigenvalue weighted by Gasteiger charge is 2.15. The molecule has 0 saturated carbocycles. The van der Waals surface area contributed by atoms with Crippen LogP contribution >= 0.6 is 11.6 Å². The summed E-state index contributed by atoms with van der Waals surface area (Å²) in [6, 6.07) is 13.8. The van der Waals surface area contributed by atoms with Crippen LogP contribution in [-0.4, -0.2) is 38.2 Å². The van der Waals surface area contributed by atoms with E-state index in [-0.39, 0.29) is 5.91 Å². The van der Waals surface area contributed by atoms with Crippen molar-refractivity contribution in [2.45, 2.75) is 6.92 Å². The number of methoxy groups -OCH3 is 1. The molecule has 0 aliphatic carbocycles. The summed E-state index contributed by atoms with van der Waals surface area (Å²) in [6.45, 7) is 1.97. The van der Waals surface area contributed by atoms with Crippen molar-refractivity contribution in [3.05, 3.63) is 77.2 Å². The molecule has 0 saturated heterocycles. The number of aryl methyl sites for hydroxylation is 1. The van der Waals surface area contributed by atoms with Gasteiger partial charge in [-0.25, -0.2) is 4.98 Å². The lowest BCUT2D eigenvalue weighted by atomic mass is 10.1. The number of nitrogens with one attached hydrogen (secondary N) is 1. The van der Waals surface area contributed by atoms with Crippen molar-refractivity contribution in [1.82, 2.24) is 25.2 Å². The van der Waals surface area contributed by atoms with Gasteiger partial charge >= 0.3 is 0 Å². The van der Waals surface area contributed by atoms with Gasteiger partial charge in [-0.05, 0) is 59.3 Å². The number of rotatable bonds is 6. The topological polar surface area (TPSA) is 104 Å². The van der Waals surface area contributed by atoms with Gasteiger partial charge in [0, 0.05) is 11.1 Å². The van der Waals surface area contributed by atoms with Gasteiger partial charge in [0.1, 0.15) is 6.33 Å². The number of amides is 1. The highest BCUT2D eigenvalue weighted by molar-refractivity contribution is 6.31. The first kappa shape index (κ1) is 20.3. The lowest BCUT2D eigenvalue weighted by Crippen LogP contribution is -2.15. The summed E-state index contributed by atoms with van der Waals surface area (Å²) in [4.78, 5) is 17.1. The van der Waals surface area contributed by atoms with Crippen LogP contribution in [0, 0.1) is 6.92 Å². The van der Waals surface area contributed by atoms with Gasteiger partial charge in [0.15, 0.2) is 11.5 Å². The minimum Gasteiger partial charge on any atom is -0.493 e. The molecule has 4 aromatic rings. The maximum atomic E-state index is 12.8. The van der Waals surface area contributed by atoms with Crippen LogP contribution in [0.25, 0.3) is 5.69 Å². The van der Waals surface area contributed by atoms with Crippen LogP contribution in [0.2, 0.25) is 5.02 Å². The molecule has 0 bridgehead atoms. The molecule has 1 N–H and O–H groups in total. The molecule has 1 amide bonds. The van der Waals surface area contributed by atoms with Crippen molar-refractivity contribution in [3.8, 4) is 23.1 Å². The first-order chi connectivity index (χ1) is 15.0. The maximum absolute atomic E-state index is 12.8. The second kappa shape index (κ2) is 8.80. The summed E-state index contributed by atoms with van der Waals surface area (Å²) in [5.41, 5.74) is 2.34. The zero-order chi connectivity index (χ0) is 21.8. The Bertz CT molecular complexity index is 1210. The predicted octanol–water partition coefficient (Wildman–Crippen LogP) is 4.07. The third-order valence-electron chi connectivity index (χ3n) is 4.33. The number of halogens is 1. The van der Waals surface area contributed by atoms with Crippen LogP contribution in [0.4, 0.5) is 5.69 Å². The summed E-state index contributed by atoms with van der Waals surface area (Å²) >= 11 is 6.08. The van der Waals surface area contributed by atoms with Crippen molar-refractivity contribution >= 4 is 23.2 Å². The fourth-order valence-corrected chi connectivity index (χ4v) is 3.02. The number of pyridine rings is 1. The third-order valence-corrected chi connectivity index (χ3v) is 4.56. The molecule has 0 radical (unpaired) electrons. The lowest BCUT2D eigenvalue weighted by molar-refractivity contribution is 0.102. The van der Waals surface area contributed by atoms with Crippen molar-refractivity contribution in [2.75, 3.05) is 12.4 Å². The van der Waals surface area contributed by atoms with Gasteiger partial charge in [0.05, 0.1) is 30.2 Å². The smallest absolute Gasteiger partial charge is 0.257 e. The van der Waals surface area contributed by atoms with Gasteiger partial charge < -0.3 is 14.8 Å². The molecule has 9 nitrogen and oxygen atoms in total. The Hall–Kier alpha value is -3.98. The molecule has 0 spiro atoms. The fraction of sp³-hybridized carbons (Fsp3) is 0.0952. The number of hydrogen-bond donors (Lipinski definition) is 1. The zero-order valence-electron chi connectivity index (χ0n) is 16.6. The SMILES string of the molecule is COc1cc(C)ccc1Oc1ccc(NC(=O)c2cc(Cl)ccc2-n2cnnn2)cn1. The van der Waals surface area contributed by atoms with E-state index in [1.54, 1.807) is 37.4 Å².